The summed E-state index contributed by atoms with van der Waals surface area (Å²) in [6, 6.07) is 3.07. The first kappa shape index (κ1) is 37.5. The maximum atomic E-state index is 12.2. The zero-order valence-electron chi connectivity index (χ0n) is 26.1. The van der Waals surface area contributed by atoms with Gasteiger partial charge in [0.15, 0.2) is 0 Å². The third kappa shape index (κ3) is 15.4. The van der Waals surface area contributed by atoms with Gasteiger partial charge in [-0.05, 0) is 33.3 Å². The van der Waals surface area contributed by atoms with Crippen molar-refractivity contribution in [2.45, 2.75) is 45.6 Å². The molecule has 0 aliphatic heterocycles. The van der Waals surface area contributed by atoms with Gasteiger partial charge < -0.3 is 34.3 Å². The summed E-state index contributed by atoms with van der Waals surface area (Å²) in [5.41, 5.74) is -0.982. The minimum absolute atomic E-state index is 0.0170. The van der Waals surface area contributed by atoms with E-state index in [1.165, 1.54) is 12.5 Å². The number of nitro benzene ring substituents is 2. The molecule has 46 heavy (non-hydrogen) atoms. The van der Waals surface area contributed by atoms with E-state index in [0.29, 0.717) is 58.0 Å². The Bertz CT molecular complexity index is 1310. The fourth-order valence-electron chi connectivity index (χ4n) is 3.61. The summed E-state index contributed by atoms with van der Waals surface area (Å²) >= 11 is 0. The molecular weight excluding hydrogens is 612 g/mol. The van der Waals surface area contributed by atoms with Crippen molar-refractivity contribution >= 4 is 35.0 Å². The molecule has 2 aromatic rings. The predicted molar refractivity (Wildman–Crippen MR) is 161 cm³/mol. The number of nitrogens with zero attached hydrogens (tertiary/aromatic N) is 4. The van der Waals surface area contributed by atoms with Gasteiger partial charge in [-0.2, -0.15) is 0 Å². The molecule has 2 rings (SSSR count). The molecule has 1 amide bonds. The Hall–Kier alpha value is -4.68. The molecule has 1 aromatic carbocycles. The average molecular weight is 653 g/mol. The number of hydrogen-bond acceptors (Lipinski definition) is 14. The lowest BCUT2D eigenvalue weighted by Crippen LogP contribution is -2.31. The molecule has 0 unspecified atom stereocenters. The Balaban J connectivity index is 1.50. The number of carbonyl (C=O) groups is 3. The summed E-state index contributed by atoms with van der Waals surface area (Å²) in [5.74, 6) is -0.726. The van der Waals surface area contributed by atoms with Crippen LogP contribution in [0.4, 0.5) is 21.9 Å². The van der Waals surface area contributed by atoms with E-state index in [2.05, 4.69) is 15.6 Å². The summed E-state index contributed by atoms with van der Waals surface area (Å²) in [4.78, 5) is 60.5. The lowest BCUT2D eigenvalue weighted by molar-refractivity contribution is -0.393. The minimum atomic E-state index is -0.780. The van der Waals surface area contributed by atoms with Crippen molar-refractivity contribution in [1.29, 1.82) is 0 Å². The minimum Gasteiger partial charge on any atom is -0.460 e. The van der Waals surface area contributed by atoms with Gasteiger partial charge >= 0.3 is 12.1 Å². The van der Waals surface area contributed by atoms with Gasteiger partial charge in [-0.3, -0.25) is 29.8 Å². The summed E-state index contributed by atoms with van der Waals surface area (Å²) in [5, 5.41) is 27.2. The largest absolute Gasteiger partial charge is 0.460 e. The molecule has 0 saturated heterocycles. The number of non-ortho nitro benzene ring substituents is 1. The first-order valence-corrected chi connectivity index (χ1v) is 14.4. The van der Waals surface area contributed by atoms with E-state index in [1.54, 1.807) is 0 Å². The van der Waals surface area contributed by atoms with Gasteiger partial charge in [0.2, 0.25) is 5.91 Å². The van der Waals surface area contributed by atoms with Crippen LogP contribution in [0.15, 0.2) is 30.7 Å². The van der Waals surface area contributed by atoms with E-state index < -0.39 is 38.8 Å². The molecule has 18 heteroatoms. The standard InChI is InChI=1S/C28H40N6O12/c1-28(2,3)46-26(36)5-4-10-42-11-12-43-13-14-44-15-16-45-27(37)32-19-21(31-20-32)8-9-29-25(35)18-30-23-7-6-22(33(38)39)17-24(23)34(40)41/h6-7,17,19-20,30H,4-5,8-16,18H2,1-3H3,(H,29,35). The number of hydrogen-bond donors (Lipinski definition) is 2. The van der Waals surface area contributed by atoms with Crippen molar-refractivity contribution < 1.29 is 47.9 Å². The first-order chi connectivity index (χ1) is 21.9. The zero-order chi connectivity index (χ0) is 34.0. The van der Waals surface area contributed by atoms with E-state index in [1.807, 2.05) is 20.8 Å². The molecule has 2 N–H and O–H groups in total. The lowest BCUT2D eigenvalue weighted by atomic mass is 10.2. The number of nitro groups is 2. The van der Waals surface area contributed by atoms with Gasteiger partial charge in [0.25, 0.3) is 11.4 Å². The lowest BCUT2D eigenvalue weighted by Gasteiger charge is -2.19. The summed E-state index contributed by atoms with van der Waals surface area (Å²) in [7, 11) is 0. The third-order valence-corrected chi connectivity index (χ3v) is 5.67. The molecule has 1 heterocycles. The highest BCUT2D eigenvalue weighted by Gasteiger charge is 2.20. The van der Waals surface area contributed by atoms with Crippen LogP contribution in [0, 0.1) is 20.2 Å². The molecule has 0 saturated carbocycles. The van der Waals surface area contributed by atoms with Crippen LogP contribution in [0.1, 0.15) is 39.3 Å². The molecule has 1 aromatic heterocycles. The average Bonchev–Trinajstić information content (AvgIpc) is 3.46. The monoisotopic (exact) mass is 652 g/mol. The fourth-order valence-corrected chi connectivity index (χ4v) is 3.61. The maximum absolute atomic E-state index is 12.2. The molecule has 0 atom stereocenters. The molecule has 0 radical (unpaired) electrons. The highest BCUT2D eigenvalue weighted by atomic mass is 16.6. The van der Waals surface area contributed by atoms with Gasteiger partial charge in [0.05, 0.1) is 61.2 Å². The highest BCUT2D eigenvalue weighted by Crippen LogP contribution is 2.28. The molecular formula is C28H40N6O12. The number of nitrogens with one attached hydrogen (secondary N) is 2. The number of imidazole rings is 1. The number of benzene rings is 1. The van der Waals surface area contributed by atoms with Crippen LogP contribution in [-0.2, 0) is 39.7 Å². The number of carbonyl (C=O) groups excluding carboxylic acids is 3. The van der Waals surface area contributed by atoms with E-state index >= 15 is 0 Å². The predicted octanol–water partition coefficient (Wildman–Crippen LogP) is 2.63. The van der Waals surface area contributed by atoms with Crippen molar-refractivity contribution in [3.05, 3.63) is 56.6 Å². The number of rotatable bonds is 21. The van der Waals surface area contributed by atoms with Crippen LogP contribution in [0.2, 0.25) is 0 Å². The second-order valence-corrected chi connectivity index (χ2v) is 10.6. The van der Waals surface area contributed by atoms with Crippen molar-refractivity contribution in [3.63, 3.8) is 0 Å². The first-order valence-electron chi connectivity index (χ1n) is 14.4. The Kier molecular flexibility index (Phi) is 16.0. The van der Waals surface area contributed by atoms with Gasteiger partial charge in [-0.15, -0.1) is 0 Å². The van der Waals surface area contributed by atoms with E-state index in [4.69, 9.17) is 23.7 Å². The number of anilines is 1. The van der Waals surface area contributed by atoms with E-state index in [-0.39, 0.29) is 38.0 Å². The summed E-state index contributed by atoms with van der Waals surface area (Å²) in [6.07, 6.45) is 3.25. The van der Waals surface area contributed by atoms with Crippen LogP contribution in [0.5, 0.6) is 0 Å². The SMILES string of the molecule is CC(C)(C)OC(=O)CCCOCCOCCOCCOC(=O)n1cnc(CCNC(=O)CNc2ccc([N+](=O)[O-])cc2[N+](=O)[O-])c1. The molecule has 0 aliphatic carbocycles. The third-order valence-electron chi connectivity index (χ3n) is 5.67. The molecule has 254 valence electrons. The topological polar surface area (TPSA) is 226 Å². The Morgan fingerprint density at radius 2 is 1.59 bits per heavy atom. The van der Waals surface area contributed by atoms with Gasteiger partial charge in [0.1, 0.15) is 24.2 Å². The second-order valence-electron chi connectivity index (χ2n) is 10.6. The van der Waals surface area contributed by atoms with Gasteiger partial charge in [0, 0.05) is 38.3 Å². The second kappa shape index (κ2) is 19.7. The van der Waals surface area contributed by atoms with Crippen LogP contribution < -0.4 is 10.6 Å². The van der Waals surface area contributed by atoms with Crippen molar-refractivity contribution in [2.75, 3.05) is 64.7 Å². The Morgan fingerprint density at radius 3 is 2.22 bits per heavy atom. The quantitative estimate of drug-likeness (QED) is 0.0856. The molecule has 0 bridgehead atoms. The van der Waals surface area contributed by atoms with Crippen LogP contribution in [0.3, 0.4) is 0 Å². The molecule has 18 nitrogen and oxygen atoms in total. The Morgan fingerprint density at radius 1 is 0.935 bits per heavy atom. The van der Waals surface area contributed by atoms with Crippen molar-refractivity contribution in [3.8, 4) is 0 Å². The molecule has 0 aliphatic rings. The van der Waals surface area contributed by atoms with Crippen LogP contribution >= 0.6 is 0 Å². The number of ether oxygens (including phenoxy) is 5. The molecule has 0 spiro atoms. The number of amides is 1. The smallest absolute Gasteiger partial charge is 0.419 e. The number of esters is 1. The van der Waals surface area contributed by atoms with Crippen molar-refractivity contribution in [2.24, 2.45) is 0 Å². The number of aromatic nitrogens is 2. The zero-order valence-corrected chi connectivity index (χ0v) is 26.1. The summed E-state index contributed by atoms with van der Waals surface area (Å²) in [6.45, 7) is 7.35. The normalized spacial score (nSPS) is 11.1. The van der Waals surface area contributed by atoms with Crippen LogP contribution in [-0.4, -0.2) is 102 Å². The fraction of sp³-hybridized carbons (Fsp3) is 0.571. The van der Waals surface area contributed by atoms with E-state index in [9.17, 15) is 34.6 Å². The van der Waals surface area contributed by atoms with Gasteiger partial charge in [-0.25, -0.2) is 14.3 Å². The van der Waals surface area contributed by atoms with Crippen LogP contribution in [0.25, 0.3) is 0 Å². The molecule has 0 fully saturated rings. The maximum Gasteiger partial charge on any atom is 0.419 e. The Labute approximate surface area is 265 Å². The van der Waals surface area contributed by atoms with Gasteiger partial charge in [-0.1, -0.05) is 0 Å². The highest BCUT2D eigenvalue weighted by molar-refractivity contribution is 5.82. The summed E-state index contributed by atoms with van der Waals surface area (Å²) < 4.78 is 27.7. The van der Waals surface area contributed by atoms with E-state index in [0.717, 1.165) is 22.8 Å². The van der Waals surface area contributed by atoms with Crippen molar-refractivity contribution in [1.82, 2.24) is 14.9 Å².